The molecule has 0 atom stereocenters. The number of aryl methyl sites for hydroxylation is 1. The molecule has 10 nitrogen and oxygen atoms in total. The smallest absolute Gasteiger partial charge is 0.444 e. The van der Waals surface area contributed by atoms with Crippen LogP contribution in [0.1, 0.15) is 61.0 Å². The number of aromatic nitrogens is 1. The van der Waals surface area contributed by atoms with Crippen LogP contribution in [-0.2, 0) is 14.8 Å². The van der Waals surface area contributed by atoms with E-state index in [2.05, 4.69) is 19.8 Å². The second kappa shape index (κ2) is 13.6. The molecule has 4 rings (SSSR count). The van der Waals surface area contributed by atoms with Gasteiger partial charge in [-0.15, -0.1) is 13.2 Å². The van der Waals surface area contributed by atoms with Crippen molar-refractivity contribution >= 4 is 56.1 Å². The highest BCUT2D eigenvalue weighted by molar-refractivity contribution is 14.1. The van der Waals surface area contributed by atoms with Gasteiger partial charge in [0.25, 0.3) is 15.9 Å². The van der Waals surface area contributed by atoms with Gasteiger partial charge < -0.3 is 14.4 Å². The highest BCUT2D eigenvalue weighted by atomic mass is 127. The number of hydrogen-bond acceptors (Lipinski definition) is 7. The molecule has 1 aliphatic rings. The van der Waals surface area contributed by atoms with E-state index >= 15 is 4.39 Å². The molecule has 16 heteroatoms. The molecule has 248 valence electrons. The lowest BCUT2D eigenvalue weighted by Crippen LogP contribution is -2.38. The molecule has 2 heterocycles. The van der Waals surface area contributed by atoms with E-state index in [0.29, 0.717) is 0 Å². The van der Waals surface area contributed by atoms with Crippen molar-refractivity contribution in [3.8, 4) is 5.75 Å². The number of likely N-dealkylation sites (tertiary alicyclic amines) is 1. The third-order valence-electron chi connectivity index (χ3n) is 6.85. The lowest BCUT2D eigenvalue weighted by Gasteiger charge is -2.33. The van der Waals surface area contributed by atoms with Crippen molar-refractivity contribution in [1.29, 1.82) is 0 Å². The van der Waals surface area contributed by atoms with Crippen LogP contribution in [0.5, 0.6) is 5.75 Å². The molecule has 2 amide bonds. The number of rotatable bonds is 7. The van der Waals surface area contributed by atoms with Crippen LogP contribution in [0.3, 0.4) is 0 Å². The number of ether oxygens (including phenoxy) is 2. The number of carbonyl (C=O) groups is 2. The first-order chi connectivity index (χ1) is 21.3. The maximum absolute atomic E-state index is 15.1. The largest absolute Gasteiger partial charge is 0.573 e. The van der Waals surface area contributed by atoms with E-state index in [9.17, 15) is 31.2 Å². The van der Waals surface area contributed by atoms with E-state index in [1.54, 1.807) is 32.9 Å². The predicted octanol–water partition coefficient (Wildman–Crippen LogP) is 7.20. The van der Waals surface area contributed by atoms with E-state index in [4.69, 9.17) is 4.74 Å². The average molecular weight is 779 g/mol. The first-order valence-corrected chi connectivity index (χ1v) is 16.5. The van der Waals surface area contributed by atoms with Gasteiger partial charge in [-0.05, 0) is 93.3 Å². The molecule has 1 fully saturated rings. The molecule has 0 radical (unpaired) electrons. The van der Waals surface area contributed by atoms with Gasteiger partial charge in [-0.1, -0.05) is 17.7 Å². The van der Waals surface area contributed by atoms with Crippen molar-refractivity contribution in [1.82, 2.24) is 9.88 Å². The lowest BCUT2D eigenvalue weighted by molar-refractivity contribution is -0.274. The van der Waals surface area contributed by atoms with Crippen LogP contribution >= 0.6 is 22.6 Å². The monoisotopic (exact) mass is 778 g/mol. The van der Waals surface area contributed by atoms with Crippen LogP contribution in [0.15, 0.2) is 53.6 Å². The first kappa shape index (κ1) is 35.2. The number of nitrogens with zero attached hydrogens (tertiary/aromatic N) is 2. The van der Waals surface area contributed by atoms with Gasteiger partial charge in [0.05, 0.1) is 25.9 Å². The number of halogens is 5. The molecule has 0 unspecified atom stereocenters. The molecule has 1 saturated heterocycles. The Labute approximate surface area is 277 Å². The quantitative estimate of drug-likeness (QED) is 0.192. The summed E-state index contributed by atoms with van der Waals surface area (Å²) in [6, 6.07) is 9.16. The van der Waals surface area contributed by atoms with Gasteiger partial charge in [-0.3, -0.25) is 14.8 Å². The predicted molar refractivity (Wildman–Crippen MR) is 170 cm³/mol. The zero-order valence-corrected chi connectivity index (χ0v) is 28.1. The van der Waals surface area contributed by atoms with Gasteiger partial charge >= 0.3 is 12.5 Å². The second-order valence-corrected chi connectivity index (χ2v) is 14.3. The van der Waals surface area contributed by atoms with E-state index < -0.39 is 51.5 Å². The number of anilines is 2. The third kappa shape index (κ3) is 8.98. The minimum absolute atomic E-state index is 0.0203. The minimum Gasteiger partial charge on any atom is -0.444 e. The summed E-state index contributed by atoms with van der Waals surface area (Å²) < 4.78 is 91.5. The number of pyridine rings is 1. The molecule has 2 N–H and O–H groups in total. The summed E-state index contributed by atoms with van der Waals surface area (Å²) >= 11 is 1.84. The maximum atomic E-state index is 15.1. The number of amides is 2. The van der Waals surface area contributed by atoms with E-state index in [1.165, 1.54) is 17.0 Å². The number of benzene rings is 2. The fourth-order valence-electron chi connectivity index (χ4n) is 4.79. The zero-order chi connectivity index (χ0) is 34.0. The number of nitrogens with one attached hydrogen (secondary N) is 2. The second-order valence-electron chi connectivity index (χ2n) is 11.5. The fraction of sp³-hybridized carbons (Fsp3) is 0.367. The van der Waals surface area contributed by atoms with Gasteiger partial charge in [0, 0.05) is 24.7 Å². The molecule has 0 saturated carbocycles. The Kier molecular flexibility index (Phi) is 10.4. The van der Waals surface area contributed by atoms with Crippen LogP contribution in [0.25, 0.3) is 0 Å². The van der Waals surface area contributed by atoms with Crippen LogP contribution in [0.2, 0.25) is 0 Å². The molecule has 2 aromatic carbocycles. The Morgan fingerprint density at radius 3 is 2.26 bits per heavy atom. The summed E-state index contributed by atoms with van der Waals surface area (Å²) in [5.41, 5.74) is -0.135. The van der Waals surface area contributed by atoms with Crippen LogP contribution < -0.4 is 14.8 Å². The summed E-state index contributed by atoms with van der Waals surface area (Å²) in [5.74, 6) is -2.29. The summed E-state index contributed by atoms with van der Waals surface area (Å²) in [6.07, 6.45) is -4.47. The highest BCUT2D eigenvalue weighted by Gasteiger charge is 2.33. The number of sulfonamides is 1. The molecule has 46 heavy (non-hydrogen) atoms. The Hall–Kier alpha value is -3.67. The number of piperidine rings is 1. The first-order valence-electron chi connectivity index (χ1n) is 14.0. The molecule has 0 bridgehead atoms. The maximum Gasteiger partial charge on any atom is 0.573 e. The summed E-state index contributed by atoms with van der Waals surface area (Å²) in [4.78, 5) is 31.4. The summed E-state index contributed by atoms with van der Waals surface area (Å²) in [7, 11) is -4.00. The van der Waals surface area contributed by atoms with Crippen molar-refractivity contribution in [3.05, 3.63) is 74.7 Å². The van der Waals surface area contributed by atoms with Gasteiger partial charge in [0.15, 0.2) is 5.82 Å². The summed E-state index contributed by atoms with van der Waals surface area (Å²) in [6.45, 7) is 6.89. The topological polar surface area (TPSA) is 127 Å². The van der Waals surface area contributed by atoms with Crippen molar-refractivity contribution < 1.29 is 45.0 Å². The van der Waals surface area contributed by atoms with Gasteiger partial charge in [0.1, 0.15) is 17.2 Å². The number of carbonyl (C=O) groups excluding carboxylic acids is 2. The van der Waals surface area contributed by atoms with Gasteiger partial charge in [-0.2, -0.15) is 0 Å². The summed E-state index contributed by atoms with van der Waals surface area (Å²) in [5, 5.41) is 2.33. The Balaban J connectivity index is 1.53. The Bertz CT molecular complexity index is 1720. The van der Waals surface area contributed by atoms with Crippen molar-refractivity contribution in [3.63, 3.8) is 0 Å². The van der Waals surface area contributed by atoms with Gasteiger partial charge in [-0.25, -0.2) is 22.6 Å². The lowest BCUT2D eigenvalue weighted by atomic mass is 9.89. The number of hydrogen-bond donors (Lipinski definition) is 2. The van der Waals surface area contributed by atoms with Crippen molar-refractivity contribution in [2.75, 3.05) is 23.1 Å². The van der Waals surface area contributed by atoms with Crippen LogP contribution in [0.4, 0.5) is 33.9 Å². The van der Waals surface area contributed by atoms with Gasteiger partial charge in [0.2, 0.25) is 0 Å². The molecule has 0 spiro atoms. The van der Waals surface area contributed by atoms with Crippen molar-refractivity contribution in [2.45, 2.75) is 63.3 Å². The Morgan fingerprint density at radius 1 is 1.04 bits per heavy atom. The fourth-order valence-corrected chi connectivity index (χ4v) is 6.97. The zero-order valence-electron chi connectivity index (χ0n) is 25.2. The minimum atomic E-state index is -5.00. The molecule has 0 aliphatic carbocycles. The molecule has 1 aliphatic heterocycles. The SMILES string of the molecule is Cc1ccc(S(=O)(=O)Nc2ncc(F)c(C3CCN(C(=O)c4ccc(OC(F)(F)F)cc4NC(=O)OC(C)(C)C)CC3)c2I)cc1. The molecular formula is C30H31F4IN4O6S. The van der Waals surface area contributed by atoms with Crippen LogP contribution in [0, 0.1) is 16.3 Å². The Morgan fingerprint density at radius 2 is 1.67 bits per heavy atom. The van der Waals surface area contributed by atoms with Crippen LogP contribution in [-0.4, -0.2) is 55.4 Å². The molecule has 1 aromatic heterocycles. The molecule has 3 aromatic rings. The number of alkyl halides is 3. The normalized spacial score (nSPS) is 14.5. The molecular weight excluding hydrogens is 747 g/mol. The standard InChI is InChI=1S/C30H31F4IN4O6S/c1-17-5-8-20(9-6-17)46(42,43)38-26-25(35)24(22(31)16-36-26)18-11-13-39(14-12-18)27(40)21-10-7-19(44-30(32,33)34)15-23(21)37-28(41)45-29(2,3)4/h5-10,15-16,18H,11-14H2,1-4H3,(H,36,38)(H,37,41). The van der Waals surface area contributed by atoms with E-state index in [0.717, 1.165) is 30.0 Å². The van der Waals surface area contributed by atoms with E-state index in [-0.39, 0.29) is 57.0 Å². The average Bonchev–Trinajstić information content (AvgIpc) is 2.93. The third-order valence-corrected chi connectivity index (χ3v) is 9.30. The van der Waals surface area contributed by atoms with E-state index in [1.807, 2.05) is 29.5 Å². The highest BCUT2D eigenvalue weighted by Crippen LogP contribution is 2.37. The van der Waals surface area contributed by atoms with Crippen molar-refractivity contribution in [2.24, 2.45) is 0 Å².